The van der Waals surface area contributed by atoms with Crippen LogP contribution in [-0.2, 0) is 4.79 Å². The molecule has 2 amide bonds. The third-order valence-electron chi connectivity index (χ3n) is 3.96. The number of urea groups is 1. The van der Waals surface area contributed by atoms with Crippen molar-refractivity contribution in [3.8, 4) is 0 Å². The average Bonchev–Trinajstić information content (AvgIpc) is 2.39. The molecule has 0 saturated heterocycles. The van der Waals surface area contributed by atoms with Gasteiger partial charge in [-0.3, -0.25) is 4.79 Å². The molecule has 1 aliphatic carbocycles. The molecule has 0 aliphatic heterocycles. The van der Waals surface area contributed by atoms with E-state index in [1.54, 1.807) is 0 Å². The number of hydrogen-bond donors (Lipinski definition) is 3. The Hall–Kier alpha value is -1.26. The molecule has 5 nitrogen and oxygen atoms in total. The fourth-order valence-electron chi connectivity index (χ4n) is 2.89. The van der Waals surface area contributed by atoms with Crippen LogP contribution in [-0.4, -0.2) is 29.7 Å². The molecule has 3 N–H and O–H groups in total. The lowest BCUT2D eigenvalue weighted by atomic mass is 9.87. The lowest BCUT2D eigenvalue weighted by molar-refractivity contribution is -0.137. The van der Waals surface area contributed by atoms with Gasteiger partial charge in [0.25, 0.3) is 0 Å². The molecule has 0 aromatic heterocycles. The zero-order chi connectivity index (χ0) is 14.8. The monoisotopic (exact) mass is 284 g/mol. The van der Waals surface area contributed by atoms with Crippen molar-refractivity contribution in [2.45, 2.75) is 70.8 Å². The van der Waals surface area contributed by atoms with Crippen molar-refractivity contribution in [1.82, 2.24) is 10.6 Å². The van der Waals surface area contributed by atoms with E-state index in [2.05, 4.69) is 10.6 Å². The summed E-state index contributed by atoms with van der Waals surface area (Å²) in [4.78, 5) is 22.5. The summed E-state index contributed by atoms with van der Waals surface area (Å²) in [6, 6.07) is -0.507. The van der Waals surface area contributed by atoms with Gasteiger partial charge in [-0.05, 0) is 18.8 Å². The Bertz CT molecular complexity index is 301. The molecule has 0 bridgehead atoms. The molecular formula is C15H28N2O3. The Morgan fingerprint density at radius 2 is 1.95 bits per heavy atom. The van der Waals surface area contributed by atoms with Gasteiger partial charge >= 0.3 is 12.0 Å². The van der Waals surface area contributed by atoms with Gasteiger partial charge in [0.1, 0.15) is 0 Å². The number of nitrogens with one attached hydrogen (secondary N) is 2. The van der Waals surface area contributed by atoms with E-state index in [0.29, 0.717) is 13.0 Å². The maximum atomic E-state index is 11.7. The zero-order valence-corrected chi connectivity index (χ0v) is 12.5. The van der Waals surface area contributed by atoms with E-state index in [4.69, 9.17) is 5.11 Å². The topological polar surface area (TPSA) is 78.4 Å². The third kappa shape index (κ3) is 7.36. The second kappa shape index (κ2) is 9.61. The highest BCUT2D eigenvalue weighted by Crippen LogP contribution is 2.25. The molecule has 0 spiro atoms. The molecule has 0 radical (unpaired) electrons. The number of carbonyl (C=O) groups excluding carboxylic acids is 1. The Morgan fingerprint density at radius 1 is 1.25 bits per heavy atom. The van der Waals surface area contributed by atoms with Gasteiger partial charge in [-0.25, -0.2) is 4.79 Å². The minimum Gasteiger partial charge on any atom is -0.481 e. The summed E-state index contributed by atoms with van der Waals surface area (Å²) < 4.78 is 0. The van der Waals surface area contributed by atoms with Crippen LogP contribution in [0.2, 0.25) is 0 Å². The first-order valence-electron chi connectivity index (χ1n) is 7.88. The molecule has 0 aromatic carbocycles. The molecule has 1 aliphatic rings. The number of aliphatic carboxylic acids is 1. The van der Waals surface area contributed by atoms with E-state index in [1.807, 2.05) is 6.92 Å². The molecule has 1 unspecified atom stereocenters. The summed E-state index contributed by atoms with van der Waals surface area (Å²) in [6.45, 7) is 2.67. The Morgan fingerprint density at radius 3 is 2.55 bits per heavy atom. The van der Waals surface area contributed by atoms with Gasteiger partial charge in [-0.1, -0.05) is 45.4 Å². The van der Waals surface area contributed by atoms with E-state index >= 15 is 0 Å². The van der Waals surface area contributed by atoms with Crippen molar-refractivity contribution < 1.29 is 14.7 Å². The Labute approximate surface area is 121 Å². The third-order valence-corrected chi connectivity index (χ3v) is 3.96. The van der Waals surface area contributed by atoms with Crippen LogP contribution in [0, 0.1) is 5.92 Å². The van der Waals surface area contributed by atoms with Crippen molar-refractivity contribution in [3.63, 3.8) is 0 Å². The van der Waals surface area contributed by atoms with Gasteiger partial charge in [0.05, 0.1) is 6.42 Å². The Balaban J connectivity index is 2.18. The van der Waals surface area contributed by atoms with Gasteiger partial charge in [0.2, 0.25) is 0 Å². The lowest BCUT2D eigenvalue weighted by Crippen LogP contribution is -2.43. The van der Waals surface area contributed by atoms with Crippen molar-refractivity contribution in [2.75, 3.05) is 6.54 Å². The minimum atomic E-state index is -0.869. The van der Waals surface area contributed by atoms with E-state index < -0.39 is 5.97 Å². The van der Waals surface area contributed by atoms with E-state index in [9.17, 15) is 9.59 Å². The van der Waals surface area contributed by atoms with Crippen molar-refractivity contribution in [2.24, 2.45) is 5.92 Å². The highest BCUT2D eigenvalue weighted by atomic mass is 16.4. The van der Waals surface area contributed by atoms with Crippen LogP contribution in [0.15, 0.2) is 0 Å². The largest absolute Gasteiger partial charge is 0.481 e. The summed E-state index contributed by atoms with van der Waals surface area (Å²) in [5.41, 5.74) is 0. The predicted molar refractivity (Wildman–Crippen MR) is 78.7 cm³/mol. The standard InChI is InChI=1S/C15H28N2O3/c1-2-6-13(11-14(18)19)17-15(20)16-10-9-12-7-4-3-5-8-12/h12-13H,2-11H2,1H3,(H,18,19)(H2,16,17,20). The summed E-state index contributed by atoms with van der Waals surface area (Å²) in [5, 5.41) is 14.4. The number of carboxylic acid groups (broad SMARTS) is 1. The second-order valence-electron chi connectivity index (χ2n) is 5.78. The molecule has 116 valence electrons. The highest BCUT2D eigenvalue weighted by molar-refractivity contribution is 5.75. The van der Waals surface area contributed by atoms with Crippen LogP contribution >= 0.6 is 0 Å². The van der Waals surface area contributed by atoms with Crippen LogP contribution in [0.5, 0.6) is 0 Å². The van der Waals surface area contributed by atoms with Crippen LogP contribution in [0.25, 0.3) is 0 Å². The van der Waals surface area contributed by atoms with Gasteiger partial charge in [-0.2, -0.15) is 0 Å². The summed E-state index contributed by atoms with van der Waals surface area (Å²) in [5.74, 6) is -0.125. The van der Waals surface area contributed by atoms with Crippen molar-refractivity contribution in [1.29, 1.82) is 0 Å². The molecule has 1 atom stereocenters. The fourth-order valence-corrected chi connectivity index (χ4v) is 2.89. The van der Waals surface area contributed by atoms with Gasteiger partial charge < -0.3 is 15.7 Å². The maximum absolute atomic E-state index is 11.7. The average molecular weight is 284 g/mol. The van der Waals surface area contributed by atoms with Crippen LogP contribution in [0.4, 0.5) is 4.79 Å². The number of rotatable bonds is 8. The summed E-state index contributed by atoms with van der Waals surface area (Å²) in [7, 11) is 0. The van der Waals surface area contributed by atoms with E-state index in [1.165, 1.54) is 32.1 Å². The minimum absolute atomic E-state index is 0.0100. The highest BCUT2D eigenvalue weighted by Gasteiger charge is 2.16. The fraction of sp³-hybridized carbons (Fsp3) is 0.867. The zero-order valence-electron chi connectivity index (χ0n) is 12.5. The molecule has 0 aromatic rings. The van der Waals surface area contributed by atoms with Crippen LogP contribution in [0.3, 0.4) is 0 Å². The molecule has 1 saturated carbocycles. The summed E-state index contributed by atoms with van der Waals surface area (Å²) in [6.07, 6.45) is 9.11. The quantitative estimate of drug-likeness (QED) is 0.641. The molecule has 5 heteroatoms. The number of carboxylic acids is 1. The summed E-state index contributed by atoms with van der Waals surface area (Å²) >= 11 is 0. The maximum Gasteiger partial charge on any atom is 0.315 e. The number of amides is 2. The Kier molecular flexibility index (Phi) is 8.07. The first kappa shape index (κ1) is 16.8. The lowest BCUT2D eigenvalue weighted by Gasteiger charge is -2.22. The molecular weight excluding hydrogens is 256 g/mol. The predicted octanol–water partition coefficient (Wildman–Crippen LogP) is 2.90. The van der Waals surface area contributed by atoms with Gasteiger partial charge in [0, 0.05) is 12.6 Å². The first-order chi connectivity index (χ1) is 9.61. The first-order valence-corrected chi connectivity index (χ1v) is 7.88. The van der Waals surface area contributed by atoms with Gasteiger partial charge in [0.15, 0.2) is 0 Å². The molecule has 20 heavy (non-hydrogen) atoms. The van der Waals surface area contributed by atoms with E-state index in [0.717, 1.165) is 18.8 Å². The van der Waals surface area contributed by atoms with E-state index in [-0.39, 0.29) is 18.5 Å². The van der Waals surface area contributed by atoms with Crippen LogP contribution in [0.1, 0.15) is 64.7 Å². The van der Waals surface area contributed by atoms with Crippen molar-refractivity contribution in [3.05, 3.63) is 0 Å². The molecule has 1 fully saturated rings. The second-order valence-corrected chi connectivity index (χ2v) is 5.78. The number of hydrogen-bond acceptors (Lipinski definition) is 2. The smallest absolute Gasteiger partial charge is 0.315 e. The molecule has 0 heterocycles. The SMILES string of the molecule is CCCC(CC(=O)O)NC(=O)NCCC1CCCCC1. The van der Waals surface area contributed by atoms with Crippen molar-refractivity contribution >= 4 is 12.0 Å². The number of carbonyl (C=O) groups is 2. The van der Waals surface area contributed by atoms with Crippen LogP contribution < -0.4 is 10.6 Å². The van der Waals surface area contributed by atoms with Gasteiger partial charge in [-0.15, -0.1) is 0 Å². The molecule has 1 rings (SSSR count). The normalized spacial score (nSPS) is 17.4.